The van der Waals surface area contributed by atoms with Crippen molar-refractivity contribution in [3.05, 3.63) is 92.6 Å². The summed E-state index contributed by atoms with van der Waals surface area (Å²) in [6, 6.07) is 20.0. The lowest BCUT2D eigenvalue weighted by molar-refractivity contribution is 0.101. The van der Waals surface area contributed by atoms with Gasteiger partial charge in [-0.05, 0) is 67.1 Å². The highest BCUT2D eigenvalue weighted by Crippen LogP contribution is 2.28. The van der Waals surface area contributed by atoms with E-state index < -0.39 is 5.91 Å². The van der Waals surface area contributed by atoms with E-state index in [0.29, 0.717) is 21.6 Å². The van der Waals surface area contributed by atoms with Crippen LogP contribution in [0.15, 0.2) is 71.2 Å². The maximum atomic E-state index is 12.8. The van der Waals surface area contributed by atoms with Gasteiger partial charge in [-0.15, -0.1) is 5.10 Å². The fraction of sp³-hybridized carbons (Fsp3) is 0.0455. The van der Waals surface area contributed by atoms with Gasteiger partial charge in [0.15, 0.2) is 5.82 Å². The Morgan fingerprint density at radius 3 is 2.50 bits per heavy atom. The topological polar surface area (TPSA) is 59.8 Å². The first-order valence-corrected chi connectivity index (χ1v) is 10.5. The number of aromatic nitrogens is 3. The number of anilines is 1. The van der Waals surface area contributed by atoms with Crippen molar-refractivity contribution in [2.24, 2.45) is 0 Å². The summed E-state index contributed by atoms with van der Waals surface area (Å²) in [4.78, 5) is 17.4. The first kappa shape index (κ1) is 20.6. The van der Waals surface area contributed by atoms with Crippen LogP contribution in [0.3, 0.4) is 0 Å². The Hall–Kier alpha value is -2.67. The molecule has 4 rings (SSSR count). The molecule has 0 saturated carbocycles. The minimum atomic E-state index is -0.415. The second kappa shape index (κ2) is 8.60. The van der Waals surface area contributed by atoms with Crippen molar-refractivity contribution in [2.75, 3.05) is 5.32 Å². The maximum absolute atomic E-state index is 12.8. The van der Waals surface area contributed by atoms with Crippen LogP contribution in [0.2, 0.25) is 10.0 Å². The van der Waals surface area contributed by atoms with Crippen LogP contribution in [0.25, 0.3) is 17.1 Å². The van der Waals surface area contributed by atoms with E-state index >= 15 is 0 Å². The van der Waals surface area contributed by atoms with Crippen molar-refractivity contribution in [2.45, 2.75) is 6.92 Å². The molecule has 30 heavy (non-hydrogen) atoms. The Morgan fingerprint density at radius 2 is 1.77 bits per heavy atom. The minimum Gasteiger partial charge on any atom is -0.319 e. The molecule has 0 unspecified atom stereocenters. The molecule has 8 heteroatoms. The smallest absolute Gasteiger partial charge is 0.295 e. The van der Waals surface area contributed by atoms with E-state index in [1.54, 1.807) is 35.0 Å². The summed E-state index contributed by atoms with van der Waals surface area (Å²) in [5.41, 5.74) is 2.98. The van der Waals surface area contributed by atoms with E-state index in [1.165, 1.54) is 0 Å². The summed E-state index contributed by atoms with van der Waals surface area (Å²) in [5, 5.41) is 8.52. The summed E-state index contributed by atoms with van der Waals surface area (Å²) < 4.78 is 2.48. The Labute approximate surface area is 191 Å². The van der Waals surface area contributed by atoms with Gasteiger partial charge in [-0.3, -0.25) is 4.79 Å². The molecule has 0 bridgehead atoms. The molecule has 0 aliphatic carbocycles. The highest BCUT2D eigenvalue weighted by Gasteiger charge is 2.20. The number of hydrogen-bond acceptors (Lipinski definition) is 3. The molecule has 1 heterocycles. The molecule has 1 aromatic heterocycles. The first-order valence-electron chi connectivity index (χ1n) is 8.98. The van der Waals surface area contributed by atoms with Crippen molar-refractivity contribution in [3.8, 4) is 17.1 Å². The van der Waals surface area contributed by atoms with E-state index in [9.17, 15) is 4.79 Å². The lowest BCUT2D eigenvalue weighted by Crippen LogP contribution is -2.14. The van der Waals surface area contributed by atoms with Gasteiger partial charge in [0, 0.05) is 25.8 Å². The van der Waals surface area contributed by atoms with Crippen molar-refractivity contribution < 1.29 is 4.79 Å². The predicted octanol–water partition coefficient (Wildman–Crippen LogP) is 6.56. The predicted molar refractivity (Wildman–Crippen MR) is 124 cm³/mol. The Kier molecular flexibility index (Phi) is 5.90. The normalized spacial score (nSPS) is 10.8. The lowest BCUT2D eigenvalue weighted by Gasteiger charge is -2.10. The van der Waals surface area contributed by atoms with Gasteiger partial charge in [-0.1, -0.05) is 51.3 Å². The van der Waals surface area contributed by atoms with E-state index in [-0.39, 0.29) is 5.82 Å². The number of amides is 1. The van der Waals surface area contributed by atoms with Gasteiger partial charge in [-0.25, -0.2) is 9.67 Å². The quantitative estimate of drug-likeness (QED) is 0.344. The molecule has 1 N–H and O–H groups in total. The van der Waals surface area contributed by atoms with Crippen LogP contribution in [0, 0.1) is 6.92 Å². The lowest BCUT2D eigenvalue weighted by atomic mass is 10.1. The van der Waals surface area contributed by atoms with Gasteiger partial charge >= 0.3 is 0 Å². The standard InChI is InChI=1S/C22H15BrCl2N4O/c1-13-18(25)6-3-7-19(13)29-21(14-8-10-16(24)11-9-14)27-20(28-29)22(30)26-17-5-2-4-15(23)12-17/h2-12H,1H3,(H,26,30). The largest absolute Gasteiger partial charge is 0.319 e. The fourth-order valence-electron chi connectivity index (χ4n) is 2.94. The third-order valence-corrected chi connectivity index (χ3v) is 5.62. The molecule has 0 aliphatic heterocycles. The first-order chi connectivity index (χ1) is 14.4. The summed E-state index contributed by atoms with van der Waals surface area (Å²) >= 11 is 15.7. The number of carbonyl (C=O) groups is 1. The van der Waals surface area contributed by atoms with Crippen LogP contribution in [0.4, 0.5) is 5.69 Å². The van der Waals surface area contributed by atoms with E-state index in [4.69, 9.17) is 23.2 Å². The monoisotopic (exact) mass is 500 g/mol. The van der Waals surface area contributed by atoms with E-state index in [1.807, 2.05) is 43.3 Å². The molecule has 4 aromatic rings. The Balaban J connectivity index is 1.80. The van der Waals surface area contributed by atoms with Crippen LogP contribution >= 0.6 is 39.1 Å². The highest BCUT2D eigenvalue weighted by atomic mass is 79.9. The van der Waals surface area contributed by atoms with Gasteiger partial charge in [0.05, 0.1) is 5.69 Å². The third-order valence-electron chi connectivity index (χ3n) is 4.46. The van der Waals surface area contributed by atoms with Gasteiger partial charge in [0.1, 0.15) is 0 Å². The fourth-order valence-corrected chi connectivity index (χ4v) is 3.64. The molecular formula is C22H15BrCl2N4O. The summed E-state index contributed by atoms with van der Waals surface area (Å²) in [6.07, 6.45) is 0. The number of carbonyl (C=O) groups excluding carboxylic acids is 1. The van der Waals surface area contributed by atoms with Crippen molar-refractivity contribution in [1.29, 1.82) is 0 Å². The zero-order chi connectivity index (χ0) is 21.3. The van der Waals surface area contributed by atoms with Crippen LogP contribution in [0.1, 0.15) is 16.2 Å². The SMILES string of the molecule is Cc1c(Cl)cccc1-n1nc(C(=O)Nc2cccc(Br)c2)nc1-c1ccc(Cl)cc1. The number of rotatable bonds is 4. The summed E-state index contributed by atoms with van der Waals surface area (Å²) in [7, 11) is 0. The molecular weight excluding hydrogens is 487 g/mol. The van der Waals surface area contributed by atoms with Crippen LogP contribution in [-0.2, 0) is 0 Å². The minimum absolute atomic E-state index is 0.0410. The van der Waals surface area contributed by atoms with Crippen molar-refractivity contribution in [3.63, 3.8) is 0 Å². The zero-order valence-electron chi connectivity index (χ0n) is 15.7. The molecule has 0 atom stereocenters. The number of halogens is 3. The maximum Gasteiger partial charge on any atom is 0.295 e. The molecule has 0 saturated heterocycles. The van der Waals surface area contributed by atoms with Crippen LogP contribution < -0.4 is 5.32 Å². The van der Waals surface area contributed by atoms with Gasteiger partial charge in [0.25, 0.3) is 5.91 Å². The molecule has 0 radical (unpaired) electrons. The Bertz CT molecular complexity index is 1240. The van der Waals surface area contributed by atoms with Crippen LogP contribution in [0.5, 0.6) is 0 Å². The summed E-state index contributed by atoms with van der Waals surface area (Å²) in [5.74, 6) is 0.137. The number of nitrogens with zero attached hydrogens (tertiary/aromatic N) is 3. The number of benzene rings is 3. The highest BCUT2D eigenvalue weighted by molar-refractivity contribution is 9.10. The van der Waals surface area contributed by atoms with Crippen LogP contribution in [-0.4, -0.2) is 20.7 Å². The Morgan fingerprint density at radius 1 is 1.03 bits per heavy atom. The molecule has 3 aromatic carbocycles. The van der Waals surface area contributed by atoms with Gasteiger partial charge < -0.3 is 5.32 Å². The molecule has 1 amide bonds. The molecule has 0 spiro atoms. The van der Waals surface area contributed by atoms with E-state index in [0.717, 1.165) is 21.3 Å². The zero-order valence-corrected chi connectivity index (χ0v) is 18.8. The summed E-state index contributed by atoms with van der Waals surface area (Å²) in [6.45, 7) is 1.90. The molecule has 5 nitrogen and oxygen atoms in total. The van der Waals surface area contributed by atoms with Crippen molar-refractivity contribution >= 4 is 50.7 Å². The third kappa shape index (κ3) is 4.26. The average molecular weight is 502 g/mol. The number of nitrogens with one attached hydrogen (secondary N) is 1. The van der Waals surface area contributed by atoms with Gasteiger partial charge in [-0.2, -0.15) is 0 Å². The number of hydrogen-bond donors (Lipinski definition) is 1. The van der Waals surface area contributed by atoms with Crippen molar-refractivity contribution in [1.82, 2.24) is 14.8 Å². The molecule has 150 valence electrons. The average Bonchev–Trinajstić information content (AvgIpc) is 3.16. The second-order valence-corrected chi connectivity index (χ2v) is 8.29. The second-order valence-electron chi connectivity index (χ2n) is 6.53. The van der Waals surface area contributed by atoms with E-state index in [2.05, 4.69) is 31.3 Å². The van der Waals surface area contributed by atoms with Gasteiger partial charge in [0.2, 0.25) is 5.82 Å². The molecule has 0 aliphatic rings. The molecule has 0 fully saturated rings.